The van der Waals surface area contributed by atoms with E-state index in [1.807, 2.05) is 12.1 Å². The number of hydrogen-bond acceptors (Lipinski definition) is 4. The zero-order valence-electron chi connectivity index (χ0n) is 15.5. The number of ether oxygens (including phenoxy) is 2. The molecule has 0 bridgehead atoms. The van der Waals surface area contributed by atoms with Gasteiger partial charge in [0.1, 0.15) is 5.76 Å². The lowest BCUT2D eigenvalue weighted by Crippen LogP contribution is -2.69. The van der Waals surface area contributed by atoms with Crippen molar-refractivity contribution in [1.82, 2.24) is 10.6 Å². The molecule has 6 heteroatoms. The van der Waals surface area contributed by atoms with E-state index in [0.29, 0.717) is 19.2 Å². The Morgan fingerprint density at radius 3 is 2.75 bits per heavy atom. The third-order valence-electron chi connectivity index (χ3n) is 5.40. The second kappa shape index (κ2) is 8.03. The Labute approximate surface area is 145 Å². The van der Waals surface area contributed by atoms with Crippen molar-refractivity contribution in [2.45, 2.75) is 45.3 Å². The van der Waals surface area contributed by atoms with Crippen LogP contribution >= 0.6 is 0 Å². The van der Waals surface area contributed by atoms with Crippen molar-refractivity contribution >= 4 is 5.96 Å². The molecule has 1 fully saturated rings. The van der Waals surface area contributed by atoms with Crippen LogP contribution < -0.4 is 10.6 Å². The molecule has 1 aromatic heterocycles. The van der Waals surface area contributed by atoms with Crippen LogP contribution in [0.3, 0.4) is 0 Å². The van der Waals surface area contributed by atoms with Gasteiger partial charge in [-0.05, 0) is 25.5 Å². The van der Waals surface area contributed by atoms with Gasteiger partial charge < -0.3 is 24.5 Å². The van der Waals surface area contributed by atoms with Gasteiger partial charge in [0.15, 0.2) is 5.96 Å². The molecule has 2 rings (SSSR count). The smallest absolute Gasteiger partial charge is 0.191 e. The summed E-state index contributed by atoms with van der Waals surface area (Å²) < 4.78 is 16.2. The molecule has 1 aliphatic carbocycles. The summed E-state index contributed by atoms with van der Waals surface area (Å²) in [5.74, 6) is 1.78. The van der Waals surface area contributed by atoms with Crippen LogP contribution in [0, 0.1) is 5.41 Å². The second-order valence-corrected chi connectivity index (χ2v) is 7.04. The lowest BCUT2D eigenvalue weighted by Gasteiger charge is -2.59. The van der Waals surface area contributed by atoms with Crippen LogP contribution in [-0.4, -0.2) is 51.5 Å². The van der Waals surface area contributed by atoms with Gasteiger partial charge >= 0.3 is 0 Å². The van der Waals surface area contributed by atoms with Crippen molar-refractivity contribution in [3.63, 3.8) is 0 Å². The van der Waals surface area contributed by atoms with Gasteiger partial charge in [-0.25, -0.2) is 0 Å². The van der Waals surface area contributed by atoms with Gasteiger partial charge in [0, 0.05) is 38.6 Å². The van der Waals surface area contributed by atoms with Crippen molar-refractivity contribution in [1.29, 1.82) is 0 Å². The van der Waals surface area contributed by atoms with Crippen LogP contribution in [0.2, 0.25) is 0 Å². The minimum Gasteiger partial charge on any atom is -0.469 e. The number of nitrogens with one attached hydrogen (secondary N) is 2. The van der Waals surface area contributed by atoms with Gasteiger partial charge in [0.2, 0.25) is 0 Å². The van der Waals surface area contributed by atoms with E-state index in [-0.39, 0.29) is 11.0 Å². The quantitative estimate of drug-likeness (QED) is 0.432. The summed E-state index contributed by atoms with van der Waals surface area (Å²) in [7, 11) is 3.47. The van der Waals surface area contributed by atoms with Gasteiger partial charge in [0.25, 0.3) is 0 Å². The molecule has 0 aliphatic heterocycles. The average Bonchev–Trinajstić information content (AvgIpc) is 3.07. The standard InChI is InChI=1S/C18H31N3O3/c1-17(2)15(13-18(17,3)23-5)21-16(20-10-12-22-4)19-9-8-14-7-6-11-24-14/h6-7,11,15H,8-10,12-13H2,1-5H3,(H2,19,20,21). The summed E-state index contributed by atoms with van der Waals surface area (Å²) in [5.41, 5.74) is -0.0665. The fourth-order valence-corrected chi connectivity index (χ4v) is 3.05. The van der Waals surface area contributed by atoms with Crippen molar-refractivity contribution in [3.8, 4) is 0 Å². The summed E-state index contributed by atoms with van der Waals surface area (Å²) in [6.45, 7) is 8.62. The van der Waals surface area contributed by atoms with Gasteiger partial charge in [-0.1, -0.05) is 13.8 Å². The molecule has 24 heavy (non-hydrogen) atoms. The molecular formula is C18H31N3O3. The number of rotatable bonds is 8. The molecule has 0 aromatic carbocycles. The highest BCUT2D eigenvalue weighted by atomic mass is 16.5. The van der Waals surface area contributed by atoms with E-state index in [9.17, 15) is 0 Å². The Balaban J connectivity index is 1.90. The summed E-state index contributed by atoms with van der Waals surface area (Å²) in [6.07, 6.45) is 3.48. The molecule has 1 aliphatic rings. The van der Waals surface area contributed by atoms with E-state index in [2.05, 4.69) is 36.4 Å². The summed E-state index contributed by atoms with van der Waals surface area (Å²) in [5, 5.41) is 6.93. The SMILES string of the molecule is COCCN=C(NCCc1ccco1)NC1CC(C)(OC)C1(C)C. The second-order valence-electron chi connectivity index (χ2n) is 7.04. The van der Waals surface area contributed by atoms with E-state index in [1.165, 1.54) is 0 Å². The highest BCUT2D eigenvalue weighted by Crippen LogP contribution is 2.51. The third-order valence-corrected chi connectivity index (χ3v) is 5.40. The Kier molecular flexibility index (Phi) is 6.29. The molecule has 0 radical (unpaired) electrons. The van der Waals surface area contributed by atoms with Crippen LogP contribution in [0.1, 0.15) is 33.0 Å². The van der Waals surface area contributed by atoms with E-state index in [4.69, 9.17) is 13.9 Å². The first-order valence-corrected chi connectivity index (χ1v) is 8.54. The molecule has 1 saturated carbocycles. The maximum Gasteiger partial charge on any atom is 0.191 e. The highest BCUT2D eigenvalue weighted by Gasteiger charge is 2.58. The summed E-state index contributed by atoms with van der Waals surface area (Å²) in [6, 6.07) is 4.21. The number of methoxy groups -OCH3 is 2. The van der Waals surface area contributed by atoms with Gasteiger partial charge in [-0.3, -0.25) is 4.99 Å². The molecule has 0 amide bonds. The molecule has 2 unspecified atom stereocenters. The molecule has 2 atom stereocenters. The fourth-order valence-electron chi connectivity index (χ4n) is 3.05. The first-order valence-electron chi connectivity index (χ1n) is 8.54. The van der Waals surface area contributed by atoms with Crippen molar-refractivity contribution in [2.24, 2.45) is 10.4 Å². The highest BCUT2D eigenvalue weighted by molar-refractivity contribution is 5.80. The molecule has 1 heterocycles. The van der Waals surface area contributed by atoms with Crippen molar-refractivity contribution in [3.05, 3.63) is 24.2 Å². The Morgan fingerprint density at radius 1 is 1.38 bits per heavy atom. The maximum absolute atomic E-state index is 5.70. The third kappa shape index (κ3) is 4.11. The van der Waals surface area contributed by atoms with Gasteiger partial charge in [0.05, 0.1) is 25.0 Å². The van der Waals surface area contributed by atoms with Crippen LogP contribution in [-0.2, 0) is 15.9 Å². The molecule has 2 N–H and O–H groups in total. The lowest BCUT2D eigenvalue weighted by atomic mass is 9.56. The number of guanidine groups is 1. The minimum atomic E-state index is -0.101. The van der Waals surface area contributed by atoms with Gasteiger partial charge in [-0.15, -0.1) is 0 Å². The maximum atomic E-state index is 5.70. The molecule has 136 valence electrons. The van der Waals surface area contributed by atoms with Crippen LogP contribution in [0.25, 0.3) is 0 Å². The topological polar surface area (TPSA) is 68.0 Å². The summed E-state index contributed by atoms with van der Waals surface area (Å²) in [4.78, 5) is 4.59. The molecule has 6 nitrogen and oxygen atoms in total. The first kappa shape index (κ1) is 18.8. The number of hydrogen-bond donors (Lipinski definition) is 2. The monoisotopic (exact) mass is 337 g/mol. The first-order chi connectivity index (χ1) is 11.4. The minimum absolute atomic E-state index is 0.0342. The molecular weight excluding hydrogens is 306 g/mol. The van der Waals surface area contributed by atoms with E-state index >= 15 is 0 Å². The summed E-state index contributed by atoms with van der Waals surface area (Å²) >= 11 is 0. The number of furan rings is 1. The lowest BCUT2D eigenvalue weighted by molar-refractivity contribution is -0.176. The molecule has 0 saturated heterocycles. The largest absolute Gasteiger partial charge is 0.469 e. The molecule has 0 spiro atoms. The van der Waals surface area contributed by atoms with Crippen molar-refractivity contribution < 1.29 is 13.9 Å². The fraction of sp³-hybridized carbons (Fsp3) is 0.722. The van der Waals surface area contributed by atoms with Crippen LogP contribution in [0.5, 0.6) is 0 Å². The number of nitrogens with zero attached hydrogens (tertiary/aromatic N) is 1. The van der Waals surface area contributed by atoms with E-state index in [1.54, 1.807) is 20.5 Å². The van der Waals surface area contributed by atoms with E-state index in [0.717, 1.165) is 31.1 Å². The average molecular weight is 337 g/mol. The van der Waals surface area contributed by atoms with Crippen molar-refractivity contribution in [2.75, 3.05) is 33.9 Å². The van der Waals surface area contributed by atoms with E-state index < -0.39 is 0 Å². The predicted molar refractivity (Wildman–Crippen MR) is 95.3 cm³/mol. The molecule has 1 aromatic rings. The van der Waals surface area contributed by atoms with Crippen LogP contribution in [0.4, 0.5) is 0 Å². The van der Waals surface area contributed by atoms with Crippen LogP contribution in [0.15, 0.2) is 27.8 Å². The normalized spacial score (nSPS) is 26.0. The Bertz CT molecular complexity index is 528. The Hall–Kier alpha value is -1.53. The predicted octanol–water partition coefficient (Wildman–Crippen LogP) is 2.21. The van der Waals surface area contributed by atoms with Gasteiger partial charge in [-0.2, -0.15) is 0 Å². The number of aliphatic imine (C=N–C) groups is 1. The zero-order valence-corrected chi connectivity index (χ0v) is 15.5. The zero-order chi connectivity index (χ0) is 17.6. The Morgan fingerprint density at radius 2 is 2.17 bits per heavy atom.